The number of halogens is 2. The first-order valence-electron chi connectivity index (χ1n) is 4.98. The third-order valence-electron chi connectivity index (χ3n) is 2.40. The molecule has 1 atom stereocenters. The Labute approximate surface area is 111 Å². The Morgan fingerprint density at radius 1 is 1.53 bits per heavy atom. The summed E-state index contributed by atoms with van der Waals surface area (Å²) in [4.78, 5) is 0.755. The fraction of sp³-hybridized carbons (Fsp3) is 0.273. The number of aromatic nitrogens is 2. The molecule has 0 saturated heterocycles. The second-order valence-electron chi connectivity index (χ2n) is 3.69. The van der Waals surface area contributed by atoms with Crippen LogP contribution in [0.15, 0.2) is 22.7 Å². The lowest BCUT2D eigenvalue weighted by Crippen LogP contribution is -2.01. The van der Waals surface area contributed by atoms with E-state index >= 15 is 0 Å². The first kappa shape index (κ1) is 12.6. The highest BCUT2D eigenvalue weighted by atomic mass is 79.9. The van der Waals surface area contributed by atoms with Crippen LogP contribution in [0.3, 0.4) is 0 Å². The third kappa shape index (κ3) is 2.88. The van der Waals surface area contributed by atoms with Crippen molar-refractivity contribution in [1.82, 2.24) is 9.59 Å². The molecular formula is C11H10BrFN2OS. The summed E-state index contributed by atoms with van der Waals surface area (Å²) in [5.74, 6) is -0.307. The van der Waals surface area contributed by atoms with Crippen molar-refractivity contribution in [3.05, 3.63) is 44.6 Å². The highest BCUT2D eigenvalue weighted by Gasteiger charge is 2.15. The molecule has 1 aromatic carbocycles. The van der Waals surface area contributed by atoms with Crippen LogP contribution in [0.25, 0.3) is 0 Å². The summed E-state index contributed by atoms with van der Waals surface area (Å²) in [5, 5.41) is 13.9. The predicted molar refractivity (Wildman–Crippen MR) is 67.4 cm³/mol. The van der Waals surface area contributed by atoms with E-state index in [1.54, 1.807) is 12.1 Å². The van der Waals surface area contributed by atoms with Gasteiger partial charge in [-0.05, 0) is 52.1 Å². The van der Waals surface area contributed by atoms with Crippen LogP contribution in [0, 0.1) is 12.7 Å². The van der Waals surface area contributed by atoms with Crippen molar-refractivity contribution in [2.75, 3.05) is 0 Å². The summed E-state index contributed by atoms with van der Waals surface area (Å²) in [7, 11) is 0. The molecule has 17 heavy (non-hydrogen) atoms. The molecule has 90 valence electrons. The molecule has 1 aromatic heterocycles. The van der Waals surface area contributed by atoms with E-state index in [0.717, 1.165) is 16.1 Å². The standard InChI is InChI=1S/C11H10BrFN2OS/c1-6-11(17-15-14-6)10(16)5-7-2-3-9(13)8(12)4-7/h2-4,10,16H,5H2,1H3. The molecule has 1 N–H and O–H groups in total. The van der Waals surface area contributed by atoms with E-state index < -0.39 is 6.10 Å². The highest BCUT2D eigenvalue weighted by molar-refractivity contribution is 9.10. The van der Waals surface area contributed by atoms with Crippen LogP contribution in [-0.2, 0) is 6.42 Å². The lowest BCUT2D eigenvalue weighted by atomic mass is 10.1. The van der Waals surface area contributed by atoms with Gasteiger partial charge in [0.2, 0.25) is 0 Å². The van der Waals surface area contributed by atoms with Gasteiger partial charge in [-0.2, -0.15) is 0 Å². The van der Waals surface area contributed by atoms with Crippen LogP contribution in [0.5, 0.6) is 0 Å². The fourth-order valence-electron chi connectivity index (χ4n) is 1.53. The van der Waals surface area contributed by atoms with E-state index in [0.29, 0.717) is 10.9 Å². The molecular weight excluding hydrogens is 307 g/mol. The van der Waals surface area contributed by atoms with Gasteiger partial charge in [0.05, 0.1) is 21.1 Å². The van der Waals surface area contributed by atoms with Crippen molar-refractivity contribution in [2.24, 2.45) is 0 Å². The molecule has 0 fully saturated rings. The molecule has 3 nitrogen and oxygen atoms in total. The Hall–Kier alpha value is -0.850. The average molecular weight is 317 g/mol. The molecule has 0 aliphatic heterocycles. The van der Waals surface area contributed by atoms with E-state index in [1.165, 1.54) is 17.6 Å². The Morgan fingerprint density at radius 2 is 2.29 bits per heavy atom. The van der Waals surface area contributed by atoms with Crippen molar-refractivity contribution in [3.63, 3.8) is 0 Å². The van der Waals surface area contributed by atoms with Crippen molar-refractivity contribution in [2.45, 2.75) is 19.4 Å². The van der Waals surface area contributed by atoms with Crippen molar-refractivity contribution >= 4 is 27.5 Å². The molecule has 2 rings (SSSR count). The number of hydrogen-bond donors (Lipinski definition) is 1. The molecule has 0 radical (unpaired) electrons. The summed E-state index contributed by atoms with van der Waals surface area (Å²) in [5.41, 5.74) is 1.60. The molecule has 1 unspecified atom stereocenters. The van der Waals surface area contributed by atoms with Crippen molar-refractivity contribution < 1.29 is 9.50 Å². The lowest BCUT2D eigenvalue weighted by molar-refractivity contribution is 0.181. The lowest BCUT2D eigenvalue weighted by Gasteiger charge is -2.09. The zero-order valence-electron chi connectivity index (χ0n) is 9.02. The monoisotopic (exact) mass is 316 g/mol. The zero-order valence-corrected chi connectivity index (χ0v) is 11.4. The van der Waals surface area contributed by atoms with Gasteiger partial charge < -0.3 is 5.11 Å². The number of aliphatic hydroxyl groups is 1. The smallest absolute Gasteiger partial charge is 0.137 e. The van der Waals surface area contributed by atoms with E-state index in [9.17, 15) is 9.50 Å². The van der Waals surface area contributed by atoms with E-state index in [-0.39, 0.29) is 5.82 Å². The van der Waals surface area contributed by atoms with Crippen LogP contribution < -0.4 is 0 Å². The van der Waals surface area contributed by atoms with Gasteiger partial charge in [0.1, 0.15) is 5.82 Å². The summed E-state index contributed by atoms with van der Waals surface area (Å²) in [6.07, 6.45) is -0.226. The number of benzene rings is 1. The first-order chi connectivity index (χ1) is 8.08. The van der Waals surface area contributed by atoms with Crippen LogP contribution >= 0.6 is 27.5 Å². The third-order valence-corrected chi connectivity index (χ3v) is 3.94. The zero-order chi connectivity index (χ0) is 12.4. The molecule has 6 heteroatoms. The number of nitrogens with zero attached hydrogens (tertiary/aromatic N) is 2. The van der Waals surface area contributed by atoms with Gasteiger partial charge in [-0.3, -0.25) is 0 Å². The Morgan fingerprint density at radius 3 is 2.88 bits per heavy atom. The number of aryl methyl sites for hydroxylation is 1. The Bertz CT molecular complexity index is 532. The van der Waals surface area contributed by atoms with E-state index in [1.807, 2.05) is 6.92 Å². The van der Waals surface area contributed by atoms with Gasteiger partial charge in [-0.15, -0.1) is 5.10 Å². The predicted octanol–water partition coefficient (Wildman–Crippen LogP) is 3.02. The van der Waals surface area contributed by atoms with Crippen molar-refractivity contribution in [1.29, 1.82) is 0 Å². The van der Waals surface area contributed by atoms with Gasteiger partial charge in [0.15, 0.2) is 0 Å². The van der Waals surface area contributed by atoms with Gasteiger partial charge >= 0.3 is 0 Å². The molecule has 2 aromatic rings. The largest absolute Gasteiger partial charge is 0.387 e. The van der Waals surface area contributed by atoms with Gasteiger partial charge in [0, 0.05) is 6.42 Å². The van der Waals surface area contributed by atoms with Gasteiger partial charge in [-0.1, -0.05) is 10.6 Å². The minimum atomic E-state index is -0.646. The first-order valence-corrected chi connectivity index (χ1v) is 6.55. The average Bonchev–Trinajstić information content (AvgIpc) is 2.70. The molecule has 1 heterocycles. The van der Waals surface area contributed by atoms with Gasteiger partial charge in [-0.25, -0.2) is 4.39 Å². The minimum absolute atomic E-state index is 0.307. The maximum absolute atomic E-state index is 13.0. The Balaban J connectivity index is 2.16. The van der Waals surface area contributed by atoms with Crippen molar-refractivity contribution in [3.8, 4) is 0 Å². The highest BCUT2D eigenvalue weighted by Crippen LogP contribution is 2.25. The molecule has 0 bridgehead atoms. The molecule has 0 aliphatic rings. The number of aliphatic hydroxyl groups excluding tert-OH is 1. The molecule has 0 saturated carbocycles. The summed E-state index contributed by atoms with van der Waals surface area (Å²) < 4.78 is 17.2. The fourth-order valence-corrected chi connectivity index (χ4v) is 2.58. The van der Waals surface area contributed by atoms with Crippen LogP contribution in [0.1, 0.15) is 22.2 Å². The van der Waals surface area contributed by atoms with Crippen LogP contribution in [0.4, 0.5) is 4.39 Å². The molecule has 0 amide bonds. The summed E-state index contributed by atoms with van der Waals surface area (Å²) >= 11 is 4.31. The van der Waals surface area contributed by atoms with E-state index in [4.69, 9.17) is 0 Å². The quantitative estimate of drug-likeness (QED) is 0.946. The minimum Gasteiger partial charge on any atom is -0.387 e. The Kier molecular flexibility index (Phi) is 3.86. The second kappa shape index (κ2) is 5.20. The maximum atomic E-state index is 13.0. The number of rotatable bonds is 3. The maximum Gasteiger partial charge on any atom is 0.137 e. The topological polar surface area (TPSA) is 46.0 Å². The molecule has 0 spiro atoms. The van der Waals surface area contributed by atoms with Crippen LogP contribution in [0.2, 0.25) is 0 Å². The second-order valence-corrected chi connectivity index (χ2v) is 5.33. The van der Waals surface area contributed by atoms with Gasteiger partial charge in [0.25, 0.3) is 0 Å². The normalized spacial score (nSPS) is 12.7. The van der Waals surface area contributed by atoms with E-state index in [2.05, 4.69) is 25.5 Å². The summed E-state index contributed by atoms with van der Waals surface area (Å²) in [6.45, 7) is 1.81. The SMILES string of the molecule is Cc1nnsc1C(O)Cc1ccc(F)c(Br)c1. The summed E-state index contributed by atoms with van der Waals surface area (Å²) in [6, 6.07) is 4.71. The van der Waals surface area contributed by atoms with Crippen LogP contribution in [-0.4, -0.2) is 14.7 Å². The molecule has 0 aliphatic carbocycles. The number of hydrogen-bond acceptors (Lipinski definition) is 4.